The number of hydrogen-bond donors (Lipinski definition) is 0. The van der Waals surface area contributed by atoms with E-state index in [0.717, 1.165) is 11.8 Å². The molecule has 0 unspecified atom stereocenters. The SMILES string of the molecule is CCc1ncnc(Sc2nc3ccccc3c(=O)n2Cc2ccco2)c1F. The van der Waals surface area contributed by atoms with Gasteiger partial charge in [-0.05, 0) is 42.4 Å². The van der Waals surface area contributed by atoms with E-state index in [1.54, 1.807) is 42.7 Å². The quantitative estimate of drug-likeness (QED) is 0.387. The molecule has 0 amide bonds. The molecule has 4 aromatic rings. The van der Waals surface area contributed by atoms with Gasteiger partial charge in [0.05, 0.1) is 29.4 Å². The maximum Gasteiger partial charge on any atom is 0.262 e. The van der Waals surface area contributed by atoms with Crippen LogP contribution in [0.1, 0.15) is 18.4 Å². The van der Waals surface area contributed by atoms with Crippen LogP contribution >= 0.6 is 11.8 Å². The maximum absolute atomic E-state index is 14.6. The van der Waals surface area contributed by atoms with Gasteiger partial charge in [0.25, 0.3) is 5.56 Å². The first-order valence-electron chi connectivity index (χ1n) is 8.36. The van der Waals surface area contributed by atoms with Crippen LogP contribution in [-0.2, 0) is 13.0 Å². The first kappa shape index (κ1) is 17.4. The van der Waals surface area contributed by atoms with Crippen LogP contribution < -0.4 is 5.56 Å². The third-order valence-electron chi connectivity index (χ3n) is 4.07. The van der Waals surface area contributed by atoms with Crippen molar-refractivity contribution in [2.24, 2.45) is 0 Å². The summed E-state index contributed by atoms with van der Waals surface area (Å²) in [7, 11) is 0. The Labute approximate surface area is 158 Å². The Morgan fingerprint density at radius 3 is 2.81 bits per heavy atom. The van der Waals surface area contributed by atoms with Crippen molar-refractivity contribution in [3.05, 3.63) is 76.6 Å². The van der Waals surface area contributed by atoms with Crippen molar-refractivity contribution in [2.45, 2.75) is 30.1 Å². The summed E-state index contributed by atoms with van der Waals surface area (Å²) in [5, 5.41) is 0.970. The van der Waals surface area contributed by atoms with Gasteiger partial charge in [-0.2, -0.15) is 0 Å². The molecule has 0 N–H and O–H groups in total. The summed E-state index contributed by atoms with van der Waals surface area (Å²) in [6.07, 6.45) is 3.31. The number of para-hydroxylation sites is 1. The molecule has 6 nitrogen and oxygen atoms in total. The van der Waals surface area contributed by atoms with Crippen molar-refractivity contribution in [3.63, 3.8) is 0 Å². The maximum atomic E-state index is 14.6. The molecule has 4 rings (SSSR count). The standard InChI is InChI=1S/C19H15FN4O2S/c1-2-14-16(20)17(22-11-21-14)27-19-23-15-8-4-3-7-13(15)18(25)24(19)10-12-6-5-9-26-12/h3-9,11H,2,10H2,1H3. The average Bonchev–Trinajstić information content (AvgIpc) is 3.20. The molecule has 0 aliphatic heterocycles. The van der Waals surface area contributed by atoms with E-state index >= 15 is 0 Å². The van der Waals surface area contributed by atoms with Gasteiger partial charge in [0.1, 0.15) is 17.1 Å². The molecular formula is C19H15FN4O2S. The highest BCUT2D eigenvalue weighted by atomic mass is 32.2. The molecule has 8 heteroatoms. The van der Waals surface area contributed by atoms with Gasteiger partial charge in [-0.25, -0.2) is 19.3 Å². The summed E-state index contributed by atoms with van der Waals surface area (Å²) in [6, 6.07) is 10.6. The first-order chi connectivity index (χ1) is 13.2. The van der Waals surface area contributed by atoms with Gasteiger partial charge in [0, 0.05) is 0 Å². The van der Waals surface area contributed by atoms with Crippen molar-refractivity contribution >= 4 is 22.7 Å². The fourth-order valence-electron chi connectivity index (χ4n) is 2.72. The van der Waals surface area contributed by atoms with E-state index in [2.05, 4.69) is 15.0 Å². The van der Waals surface area contributed by atoms with Gasteiger partial charge in [-0.15, -0.1) is 0 Å². The Morgan fingerprint density at radius 2 is 2.04 bits per heavy atom. The fraction of sp³-hybridized carbons (Fsp3) is 0.158. The molecule has 136 valence electrons. The molecule has 0 saturated carbocycles. The van der Waals surface area contributed by atoms with Crippen LogP contribution in [0.4, 0.5) is 4.39 Å². The summed E-state index contributed by atoms with van der Waals surface area (Å²) < 4.78 is 21.4. The lowest BCUT2D eigenvalue weighted by molar-refractivity contribution is 0.476. The van der Waals surface area contributed by atoms with Crippen molar-refractivity contribution in [3.8, 4) is 0 Å². The molecule has 0 saturated heterocycles. The minimum Gasteiger partial charge on any atom is -0.467 e. The van der Waals surface area contributed by atoms with Gasteiger partial charge in [0.15, 0.2) is 11.0 Å². The highest BCUT2D eigenvalue weighted by Gasteiger charge is 2.18. The number of halogens is 1. The highest BCUT2D eigenvalue weighted by Crippen LogP contribution is 2.28. The van der Waals surface area contributed by atoms with Crippen LogP contribution in [0.25, 0.3) is 10.9 Å². The van der Waals surface area contributed by atoms with E-state index in [1.165, 1.54) is 10.9 Å². The van der Waals surface area contributed by atoms with E-state index in [0.29, 0.717) is 33.9 Å². The lowest BCUT2D eigenvalue weighted by Gasteiger charge is -2.12. The van der Waals surface area contributed by atoms with Crippen molar-refractivity contribution in [1.29, 1.82) is 0 Å². The third kappa shape index (κ3) is 3.35. The van der Waals surface area contributed by atoms with Crippen LogP contribution in [0.5, 0.6) is 0 Å². The molecule has 0 radical (unpaired) electrons. The van der Waals surface area contributed by atoms with E-state index in [-0.39, 0.29) is 17.1 Å². The van der Waals surface area contributed by atoms with Crippen LogP contribution in [0, 0.1) is 5.82 Å². The number of nitrogens with zero attached hydrogens (tertiary/aromatic N) is 4. The highest BCUT2D eigenvalue weighted by molar-refractivity contribution is 7.99. The van der Waals surface area contributed by atoms with Gasteiger partial charge in [-0.3, -0.25) is 9.36 Å². The normalized spacial score (nSPS) is 11.2. The Bertz CT molecular complexity index is 1160. The van der Waals surface area contributed by atoms with Gasteiger partial charge >= 0.3 is 0 Å². The molecule has 0 spiro atoms. The van der Waals surface area contributed by atoms with Crippen LogP contribution in [-0.4, -0.2) is 19.5 Å². The number of aryl methyl sites for hydroxylation is 1. The molecule has 1 aromatic carbocycles. The summed E-state index contributed by atoms with van der Waals surface area (Å²) in [4.78, 5) is 25.6. The van der Waals surface area contributed by atoms with Crippen LogP contribution in [0.2, 0.25) is 0 Å². The molecule has 0 atom stereocenters. The van der Waals surface area contributed by atoms with Gasteiger partial charge in [-0.1, -0.05) is 19.1 Å². The Morgan fingerprint density at radius 1 is 1.19 bits per heavy atom. The summed E-state index contributed by atoms with van der Waals surface area (Å²) >= 11 is 1.01. The number of aromatic nitrogens is 4. The molecule has 3 heterocycles. The predicted octanol–water partition coefficient (Wildman–Crippen LogP) is 3.68. The summed E-state index contributed by atoms with van der Waals surface area (Å²) in [6.45, 7) is 2.01. The lowest BCUT2D eigenvalue weighted by Crippen LogP contribution is -2.23. The van der Waals surface area contributed by atoms with Crippen molar-refractivity contribution < 1.29 is 8.81 Å². The molecule has 0 aliphatic carbocycles. The monoisotopic (exact) mass is 382 g/mol. The van der Waals surface area contributed by atoms with E-state index in [1.807, 2.05) is 6.92 Å². The van der Waals surface area contributed by atoms with Gasteiger partial charge in [0.2, 0.25) is 0 Å². The minimum absolute atomic E-state index is 0.136. The number of fused-ring (bicyclic) bond motifs is 1. The second-order valence-electron chi connectivity index (χ2n) is 5.78. The molecule has 0 bridgehead atoms. The second-order valence-corrected chi connectivity index (χ2v) is 6.73. The minimum atomic E-state index is -0.489. The van der Waals surface area contributed by atoms with Crippen LogP contribution in [0.3, 0.4) is 0 Å². The molecule has 27 heavy (non-hydrogen) atoms. The van der Waals surface area contributed by atoms with E-state index < -0.39 is 5.82 Å². The fourth-order valence-corrected chi connectivity index (χ4v) is 3.60. The molecule has 0 fully saturated rings. The molecule has 0 aliphatic rings. The average molecular weight is 382 g/mol. The summed E-state index contributed by atoms with van der Waals surface area (Å²) in [5.74, 6) is 0.116. The zero-order valence-electron chi connectivity index (χ0n) is 14.4. The first-order valence-corrected chi connectivity index (χ1v) is 9.18. The zero-order valence-corrected chi connectivity index (χ0v) is 15.2. The largest absolute Gasteiger partial charge is 0.467 e. The lowest BCUT2D eigenvalue weighted by atomic mass is 10.2. The van der Waals surface area contributed by atoms with Crippen molar-refractivity contribution in [2.75, 3.05) is 0 Å². The molecular weight excluding hydrogens is 367 g/mol. The zero-order chi connectivity index (χ0) is 18.8. The summed E-state index contributed by atoms with van der Waals surface area (Å²) in [5.41, 5.74) is 0.656. The number of rotatable bonds is 5. The number of hydrogen-bond acceptors (Lipinski definition) is 6. The Kier molecular flexibility index (Phi) is 4.72. The second kappa shape index (κ2) is 7.32. The Balaban J connectivity index is 1.87. The molecule has 3 aromatic heterocycles. The van der Waals surface area contributed by atoms with Crippen molar-refractivity contribution in [1.82, 2.24) is 19.5 Å². The smallest absolute Gasteiger partial charge is 0.262 e. The predicted molar refractivity (Wildman–Crippen MR) is 99.3 cm³/mol. The topological polar surface area (TPSA) is 73.8 Å². The Hall–Kier alpha value is -3.00. The third-order valence-corrected chi connectivity index (χ3v) is 5.05. The number of furan rings is 1. The number of benzene rings is 1. The van der Waals surface area contributed by atoms with Gasteiger partial charge < -0.3 is 4.42 Å². The van der Waals surface area contributed by atoms with Crippen LogP contribution in [0.15, 0.2) is 68.4 Å². The van der Waals surface area contributed by atoms with E-state index in [4.69, 9.17) is 4.42 Å². The van der Waals surface area contributed by atoms with E-state index in [9.17, 15) is 9.18 Å².